The van der Waals surface area contributed by atoms with Crippen molar-refractivity contribution in [3.8, 4) is 0 Å². The number of nitrogens with two attached hydrogens (primary N) is 2. The molecule has 3 amide bonds. The molecule has 0 aromatic rings. The maximum Gasteiger partial charge on any atom is 0.306 e. The Morgan fingerprint density at radius 1 is 0.905 bits per heavy atom. The highest BCUT2D eigenvalue weighted by Gasteiger charge is 2.40. The van der Waals surface area contributed by atoms with Crippen LogP contribution in [0, 0.1) is 5.41 Å². The average Bonchev–Trinajstić information content (AvgIpc) is 2.85. The van der Waals surface area contributed by atoms with Gasteiger partial charge in [0.25, 0.3) is 0 Å². The van der Waals surface area contributed by atoms with Crippen molar-refractivity contribution in [2.24, 2.45) is 16.9 Å². The van der Waals surface area contributed by atoms with Crippen molar-refractivity contribution in [2.75, 3.05) is 6.54 Å². The van der Waals surface area contributed by atoms with E-state index in [0.717, 1.165) is 19.3 Å². The number of unbranched alkanes of at least 4 members (excludes halogenated alkanes) is 3. The Labute approximate surface area is 251 Å². The SMILES string of the molecule is CC(NC(CCCCNC(=O)CCCC(=O)OC(C)(C)C)C(N)=O)=C1CC(=O)C(C)(C)C(=O)C1.CCCCCC(N)=O. The lowest BCUT2D eigenvalue weighted by Crippen LogP contribution is -2.42. The van der Waals surface area contributed by atoms with Crippen molar-refractivity contribution < 1.29 is 33.5 Å². The van der Waals surface area contributed by atoms with Crippen LogP contribution in [-0.4, -0.2) is 53.4 Å². The number of carbonyl (C=O) groups excluding carboxylic acids is 6. The van der Waals surface area contributed by atoms with Gasteiger partial charge in [-0.2, -0.15) is 0 Å². The number of amides is 3. The molecule has 11 heteroatoms. The Bertz CT molecular complexity index is 958. The van der Waals surface area contributed by atoms with Gasteiger partial charge in [-0.15, -0.1) is 0 Å². The normalized spacial score (nSPS) is 15.2. The largest absolute Gasteiger partial charge is 0.460 e. The predicted octanol–water partition coefficient (Wildman–Crippen LogP) is 3.51. The van der Waals surface area contributed by atoms with Crippen LogP contribution in [0.25, 0.3) is 0 Å². The smallest absolute Gasteiger partial charge is 0.306 e. The molecule has 11 nitrogen and oxygen atoms in total. The Hall–Kier alpha value is -3.24. The number of Topliss-reactive ketones (excluding diaryl/α,β-unsaturated/α-hetero) is 2. The molecule has 0 aliphatic heterocycles. The van der Waals surface area contributed by atoms with Gasteiger partial charge in [0.05, 0.1) is 5.41 Å². The van der Waals surface area contributed by atoms with Gasteiger partial charge in [0.15, 0.2) is 0 Å². The molecule has 1 atom stereocenters. The summed E-state index contributed by atoms with van der Waals surface area (Å²) < 4.78 is 5.21. The van der Waals surface area contributed by atoms with E-state index in [1.165, 1.54) is 0 Å². The van der Waals surface area contributed by atoms with E-state index in [2.05, 4.69) is 17.6 Å². The molecule has 1 aliphatic rings. The first-order valence-electron chi connectivity index (χ1n) is 15.0. The van der Waals surface area contributed by atoms with E-state index in [4.69, 9.17) is 16.2 Å². The van der Waals surface area contributed by atoms with Crippen molar-refractivity contribution in [1.82, 2.24) is 10.6 Å². The molecule has 1 fully saturated rings. The summed E-state index contributed by atoms with van der Waals surface area (Å²) in [5.41, 5.74) is 10.3. The van der Waals surface area contributed by atoms with E-state index in [-0.39, 0.29) is 55.0 Å². The molecule has 1 rings (SSSR count). The number of hydrogen-bond acceptors (Lipinski definition) is 8. The van der Waals surface area contributed by atoms with Gasteiger partial charge in [-0.3, -0.25) is 28.8 Å². The highest BCUT2D eigenvalue weighted by Crippen LogP contribution is 2.33. The van der Waals surface area contributed by atoms with E-state index >= 15 is 0 Å². The number of rotatable bonds is 16. The van der Waals surface area contributed by atoms with E-state index in [1.807, 2.05) is 0 Å². The molecule has 6 N–H and O–H groups in total. The third-order valence-electron chi connectivity index (χ3n) is 6.88. The summed E-state index contributed by atoms with van der Waals surface area (Å²) >= 11 is 0. The second-order valence-electron chi connectivity index (χ2n) is 12.4. The summed E-state index contributed by atoms with van der Waals surface area (Å²) in [5, 5.41) is 5.88. The van der Waals surface area contributed by atoms with Crippen molar-refractivity contribution in [3.05, 3.63) is 11.3 Å². The van der Waals surface area contributed by atoms with Crippen molar-refractivity contribution in [1.29, 1.82) is 0 Å². The molecular weight excluding hydrogens is 540 g/mol. The van der Waals surface area contributed by atoms with Crippen LogP contribution in [0.1, 0.15) is 126 Å². The summed E-state index contributed by atoms with van der Waals surface area (Å²) in [6.07, 6.45) is 6.75. The fourth-order valence-corrected chi connectivity index (χ4v) is 4.09. The molecular formula is C31H54N4O7. The Morgan fingerprint density at radius 2 is 1.50 bits per heavy atom. The van der Waals surface area contributed by atoms with Crippen LogP contribution >= 0.6 is 0 Å². The van der Waals surface area contributed by atoms with Crippen LogP contribution in [0.5, 0.6) is 0 Å². The lowest BCUT2D eigenvalue weighted by Gasteiger charge is -2.29. The summed E-state index contributed by atoms with van der Waals surface area (Å²) in [7, 11) is 0. The van der Waals surface area contributed by atoms with Gasteiger partial charge in [-0.05, 0) is 79.2 Å². The van der Waals surface area contributed by atoms with Gasteiger partial charge in [-0.1, -0.05) is 19.8 Å². The molecule has 0 aromatic heterocycles. The monoisotopic (exact) mass is 594 g/mol. The maximum absolute atomic E-state index is 12.3. The van der Waals surface area contributed by atoms with E-state index in [1.54, 1.807) is 41.5 Å². The van der Waals surface area contributed by atoms with E-state index in [0.29, 0.717) is 49.9 Å². The van der Waals surface area contributed by atoms with Gasteiger partial charge < -0.3 is 26.8 Å². The number of ether oxygens (including phenoxy) is 1. The third-order valence-corrected chi connectivity index (χ3v) is 6.88. The highest BCUT2D eigenvalue weighted by molar-refractivity contribution is 6.10. The second kappa shape index (κ2) is 19.0. The Balaban J connectivity index is 0.00000183. The molecule has 0 heterocycles. The van der Waals surface area contributed by atoms with Gasteiger partial charge in [-0.25, -0.2) is 0 Å². The topological polar surface area (TPSA) is 188 Å². The zero-order chi connectivity index (χ0) is 32.5. The zero-order valence-electron chi connectivity index (χ0n) is 26.8. The molecule has 0 bridgehead atoms. The van der Waals surface area contributed by atoms with Gasteiger partial charge in [0.1, 0.15) is 23.2 Å². The first-order valence-corrected chi connectivity index (χ1v) is 15.0. The summed E-state index contributed by atoms with van der Waals surface area (Å²) in [5.74, 6) is -1.41. The predicted molar refractivity (Wildman–Crippen MR) is 162 cm³/mol. The second-order valence-corrected chi connectivity index (χ2v) is 12.4. The summed E-state index contributed by atoms with van der Waals surface area (Å²) in [6, 6.07) is -0.628. The molecule has 1 saturated carbocycles. The molecule has 1 aliphatic carbocycles. The van der Waals surface area contributed by atoms with Crippen LogP contribution < -0.4 is 22.1 Å². The van der Waals surface area contributed by atoms with Crippen LogP contribution in [0.3, 0.4) is 0 Å². The molecule has 240 valence electrons. The Kier molecular flexibility index (Phi) is 17.6. The number of hydrogen-bond donors (Lipinski definition) is 4. The fraction of sp³-hybridized carbons (Fsp3) is 0.742. The summed E-state index contributed by atoms with van der Waals surface area (Å²) in [6.45, 7) is 13.0. The van der Waals surface area contributed by atoms with Crippen LogP contribution in [0.2, 0.25) is 0 Å². The van der Waals surface area contributed by atoms with Crippen LogP contribution in [0.4, 0.5) is 0 Å². The van der Waals surface area contributed by atoms with Crippen molar-refractivity contribution >= 4 is 35.3 Å². The number of carbonyl (C=O) groups is 6. The van der Waals surface area contributed by atoms with Crippen LogP contribution in [0.15, 0.2) is 11.3 Å². The minimum Gasteiger partial charge on any atom is -0.460 e. The lowest BCUT2D eigenvalue weighted by atomic mass is 9.73. The zero-order valence-corrected chi connectivity index (χ0v) is 26.8. The standard InChI is InChI=1S/C25H41N3O6.C6H13NO/c1-16(17-14-19(29)25(5,6)20(30)15-17)28-18(23(26)33)10-7-8-13-27-21(31)11-9-12-22(32)34-24(2,3)4;1-2-3-4-5-6(7)8/h18,28H,7-15H2,1-6H3,(H2,26,33)(H,27,31);2-5H2,1H3,(H2,7,8). The molecule has 0 aromatic carbocycles. The van der Waals surface area contributed by atoms with Gasteiger partial charge >= 0.3 is 5.97 Å². The van der Waals surface area contributed by atoms with Gasteiger partial charge in [0, 0.05) is 44.3 Å². The van der Waals surface area contributed by atoms with Crippen LogP contribution in [-0.2, 0) is 33.5 Å². The number of primary amides is 2. The first-order chi connectivity index (χ1) is 19.4. The molecule has 1 unspecified atom stereocenters. The van der Waals surface area contributed by atoms with E-state index < -0.39 is 23.0 Å². The number of allylic oxidation sites excluding steroid dienone is 2. The summed E-state index contributed by atoms with van der Waals surface area (Å²) in [4.78, 5) is 70.1. The quantitative estimate of drug-likeness (QED) is 0.119. The molecule has 42 heavy (non-hydrogen) atoms. The minimum atomic E-state index is -0.965. The number of ketones is 2. The number of nitrogens with one attached hydrogen (secondary N) is 2. The molecule has 0 radical (unpaired) electrons. The number of esters is 1. The highest BCUT2D eigenvalue weighted by atomic mass is 16.6. The van der Waals surface area contributed by atoms with Crippen molar-refractivity contribution in [3.63, 3.8) is 0 Å². The van der Waals surface area contributed by atoms with Crippen molar-refractivity contribution in [2.45, 2.75) is 137 Å². The first kappa shape index (κ1) is 38.8. The average molecular weight is 595 g/mol. The van der Waals surface area contributed by atoms with E-state index in [9.17, 15) is 28.8 Å². The molecule has 0 saturated heterocycles. The fourth-order valence-electron chi connectivity index (χ4n) is 4.09. The maximum atomic E-state index is 12.3. The van der Waals surface area contributed by atoms with Gasteiger partial charge in [0.2, 0.25) is 17.7 Å². The Morgan fingerprint density at radius 3 is 2.00 bits per heavy atom. The minimum absolute atomic E-state index is 0.127. The lowest BCUT2D eigenvalue weighted by molar-refractivity contribution is -0.155. The molecule has 0 spiro atoms. The third kappa shape index (κ3) is 16.9.